The van der Waals surface area contributed by atoms with Crippen LogP contribution in [0.1, 0.15) is 54.0 Å². The number of halogens is 5. The van der Waals surface area contributed by atoms with Crippen molar-refractivity contribution in [2.75, 3.05) is 20.2 Å². The Kier molecular flexibility index (Phi) is 10.4. The van der Waals surface area contributed by atoms with Crippen molar-refractivity contribution in [2.45, 2.75) is 50.5 Å². The number of carboxylic acids is 1. The van der Waals surface area contributed by atoms with E-state index in [-0.39, 0.29) is 37.2 Å². The van der Waals surface area contributed by atoms with Crippen molar-refractivity contribution in [1.82, 2.24) is 15.1 Å². The van der Waals surface area contributed by atoms with Crippen LogP contribution >= 0.6 is 0 Å². The van der Waals surface area contributed by atoms with Crippen molar-refractivity contribution in [2.24, 2.45) is 0 Å². The van der Waals surface area contributed by atoms with E-state index in [1.54, 1.807) is 30.3 Å². The van der Waals surface area contributed by atoms with Gasteiger partial charge in [0.25, 0.3) is 0 Å². The molecule has 3 aromatic carbocycles. The Morgan fingerprint density at radius 2 is 1.71 bits per heavy atom. The molecule has 1 aliphatic rings. The molecule has 1 saturated heterocycles. The van der Waals surface area contributed by atoms with Crippen LogP contribution in [0.15, 0.2) is 66.7 Å². The third-order valence-corrected chi connectivity index (χ3v) is 7.81. The molecule has 1 heterocycles. The lowest BCUT2D eigenvalue weighted by molar-refractivity contribution is -0.140. The largest absolute Gasteiger partial charge is 0.494 e. The summed E-state index contributed by atoms with van der Waals surface area (Å²) in [6.45, 7) is 0.406. The molecule has 13 heteroatoms. The van der Waals surface area contributed by atoms with Gasteiger partial charge in [0.1, 0.15) is 5.82 Å². The fourth-order valence-corrected chi connectivity index (χ4v) is 5.50. The summed E-state index contributed by atoms with van der Waals surface area (Å²) in [7, 11) is 1.23. The van der Waals surface area contributed by atoms with Gasteiger partial charge in [0.15, 0.2) is 11.6 Å². The Balaban J connectivity index is 1.79. The summed E-state index contributed by atoms with van der Waals surface area (Å²) in [6, 6.07) is 12.3. The number of carboxylic acid groups (broad SMARTS) is 1. The topological polar surface area (TPSA) is 99.2 Å². The molecular formula is C32H32F5N3O5. The predicted molar refractivity (Wildman–Crippen MR) is 153 cm³/mol. The molecule has 240 valence electrons. The summed E-state index contributed by atoms with van der Waals surface area (Å²) in [5.74, 6) is -5.46. The third-order valence-electron chi connectivity index (χ3n) is 7.81. The van der Waals surface area contributed by atoms with E-state index in [0.29, 0.717) is 11.6 Å². The van der Waals surface area contributed by atoms with E-state index < -0.39 is 71.4 Å². The van der Waals surface area contributed by atoms with E-state index in [4.69, 9.17) is 9.84 Å². The van der Waals surface area contributed by atoms with Gasteiger partial charge in [0.2, 0.25) is 5.91 Å². The quantitative estimate of drug-likeness (QED) is 0.184. The summed E-state index contributed by atoms with van der Waals surface area (Å²) < 4.78 is 77.4. The SMILES string of the molecule is COc1cccc(C2C(=O)N(CC(NCCCC(=O)O)c3ccccc3)C(=O)N(Cc3c(F)cccc3C(F)(F)F)C2C)c1F. The van der Waals surface area contributed by atoms with Gasteiger partial charge in [0, 0.05) is 30.1 Å². The van der Waals surface area contributed by atoms with Crippen LogP contribution in [-0.2, 0) is 22.3 Å². The fourth-order valence-electron chi connectivity index (χ4n) is 5.50. The van der Waals surface area contributed by atoms with Gasteiger partial charge in [-0.2, -0.15) is 13.2 Å². The van der Waals surface area contributed by atoms with Gasteiger partial charge in [-0.1, -0.05) is 48.5 Å². The molecular weight excluding hydrogens is 601 g/mol. The highest BCUT2D eigenvalue weighted by atomic mass is 19.4. The number of urea groups is 1. The van der Waals surface area contributed by atoms with Gasteiger partial charge in [-0.3, -0.25) is 14.5 Å². The molecule has 4 rings (SSSR count). The molecule has 3 unspecified atom stereocenters. The molecule has 2 N–H and O–H groups in total. The van der Waals surface area contributed by atoms with E-state index in [1.165, 1.54) is 32.2 Å². The van der Waals surface area contributed by atoms with Crippen molar-refractivity contribution < 1.29 is 46.2 Å². The first-order valence-corrected chi connectivity index (χ1v) is 14.1. The first kappa shape index (κ1) is 33.4. The van der Waals surface area contributed by atoms with Crippen LogP contribution in [0.4, 0.5) is 26.7 Å². The maximum Gasteiger partial charge on any atom is 0.416 e. The van der Waals surface area contributed by atoms with Crippen molar-refractivity contribution >= 4 is 17.9 Å². The maximum absolute atomic E-state index is 15.6. The van der Waals surface area contributed by atoms with Gasteiger partial charge in [-0.25, -0.2) is 13.6 Å². The normalized spacial score (nSPS) is 17.8. The number of aliphatic carboxylic acids is 1. The third kappa shape index (κ3) is 7.42. The Hall–Kier alpha value is -4.52. The lowest BCUT2D eigenvalue weighted by Gasteiger charge is -2.44. The van der Waals surface area contributed by atoms with Gasteiger partial charge in [-0.15, -0.1) is 0 Å². The molecule has 0 spiro atoms. The highest BCUT2D eigenvalue weighted by Gasteiger charge is 2.47. The number of benzene rings is 3. The maximum atomic E-state index is 15.6. The van der Waals surface area contributed by atoms with Crippen LogP contribution in [0.3, 0.4) is 0 Å². The van der Waals surface area contributed by atoms with E-state index in [2.05, 4.69) is 5.32 Å². The second kappa shape index (κ2) is 14.1. The molecule has 0 aromatic heterocycles. The number of nitrogens with zero attached hydrogens (tertiary/aromatic N) is 2. The van der Waals surface area contributed by atoms with Crippen LogP contribution in [0, 0.1) is 11.6 Å². The van der Waals surface area contributed by atoms with E-state index in [0.717, 1.165) is 21.9 Å². The molecule has 45 heavy (non-hydrogen) atoms. The second-order valence-electron chi connectivity index (χ2n) is 10.6. The van der Waals surface area contributed by atoms with Crippen LogP contribution in [-0.4, -0.2) is 59.1 Å². The van der Waals surface area contributed by atoms with E-state index in [9.17, 15) is 31.9 Å². The Morgan fingerprint density at radius 3 is 2.36 bits per heavy atom. The molecule has 3 atom stereocenters. The van der Waals surface area contributed by atoms with Crippen LogP contribution in [0.2, 0.25) is 0 Å². The number of methoxy groups -OCH3 is 1. The standard InChI is InChI=1S/C32H32F5N3O5/c1-19-28(21-11-6-14-26(45-2)29(21)34)30(43)40(18-25(20-9-4-3-5-10-20)38-16-8-15-27(41)42)31(44)39(19)17-22-23(32(35,36)37)12-7-13-24(22)33/h3-7,9-14,19,25,28,38H,8,15-18H2,1-2H3,(H,41,42). The van der Waals surface area contributed by atoms with Crippen LogP contribution in [0.25, 0.3) is 0 Å². The van der Waals surface area contributed by atoms with Crippen molar-refractivity contribution in [3.63, 3.8) is 0 Å². The minimum atomic E-state index is -4.94. The van der Waals surface area contributed by atoms with E-state index in [1.807, 2.05) is 0 Å². The minimum absolute atomic E-state index is 0.136. The van der Waals surface area contributed by atoms with Gasteiger partial charge >= 0.3 is 18.2 Å². The number of nitrogens with one attached hydrogen (secondary N) is 1. The number of hydrogen-bond acceptors (Lipinski definition) is 5. The number of amides is 3. The summed E-state index contributed by atoms with van der Waals surface area (Å²) >= 11 is 0. The first-order chi connectivity index (χ1) is 21.3. The van der Waals surface area contributed by atoms with Gasteiger partial charge in [0.05, 0.1) is 31.2 Å². The molecule has 0 aliphatic carbocycles. The molecule has 0 bridgehead atoms. The molecule has 8 nitrogen and oxygen atoms in total. The highest BCUT2D eigenvalue weighted by Crippen LogP contribution is 2.39. The van der Waals surface area contributed by atoms with Crippen molar-refractivity contribution in [1.29, 1.82) is 0 Å². The number of alkyl halides is 3. The number of carbonyl (C=O) groups excluding carboxylic acids is 2. The zero-order valence-electron chi connectivity index (χ0n) is 24.5. The average molecular weight is 634 g/mol. The molecule has 1 fully saturated rings. The summed E-state index contributed by atoms with van der Waals surface area (Å²) in [4.78, 5) is 40.9. The summed E-state index contributed by atoms with van der Waals surface area (Å²) in [6.07, 6.45) is -4.84. The minimum Gasteiger partial charge on any atom is -0.494 e. The number of ether oxygens (including phenoxy) is 1. The predicted octanol–water partition coefficient (Wildman–Crippen LogP) is 6.12. The number of imide groups is 1. The van der Waals surface area contributed by atoms with Gasteiger partial charge < -0.3 is 20.1 Å². The second-order valence-corrected chi connectivity index (χ2v) is 10.6. The number of carbonyl (C=O) groups is 3. The zero-order chi connectivity index (χ0) is 32.9. The lowest BCUT2D eigenvalue weighted by Crippen LogP contribution is -2.61. The summed E-state index contributed by atoms with van der Waals surface area (Å²) in [5, 5.41) is 12.2. The number of hydrogen-bond donors (Lipinski definition) is 2. The molecule has 0 saturated carbocycles. The smallest absolute Gasteiger partial charge is 0.416 e. The molecule has 3 amide bonds. The Labute approximate surface area is 256 Å². The monoisotopic (exact) mass is 633 g/mol. The Bertz CT molecular complexity index is 1540. The Morgan fingerprint density at radius 1 is 1.02 bits per heavy atom. The highest BCUT2D eigenvalue weighted by molar-refractivity contribution is 6.01. The number of rotatable bonds is 12. The van der Waals surface area contributed by atoms with E-state index >= 15 is 4.39 Å². The van der Waals surface area contributed by atoms with Gasteiger partial charge in [-0.05, 0) is 43.7 Å². The van der Waals surface area contributed by atoms with Crippen LogP contribution < -0.4 is 10.1 Å². The first-order valence-electron chi connectivity index (χ1n) is 14.1. The van der Waals surface area contributed by atoms with Crippen molar-refractivity contribution in [3.05, 3.63) is 101 Å². The summed E-state index contributed by atoms with van der Waals surface area (Å²) in [5.41, 5.74) is -1.59. The molecule has 3 aromatic rings. The molecule has 1 aliphatic heterocycles. The lowest BCUT2D eigenvalue weighted by atomic mass is 9.86. The zero-order valence-corrected chi connectivity index (χ0v) is 24.5. The fraction of sp³-hybridized carbons (Fsp3) is 0.344. The van der Waals surface area contributed by atoms with Crippen LogP contribution in [0.5, 0.6) is 5.75 Å². The average Bonchev–Trinajstić information content (AvgIpc) is 2.99. The van der Waals surface area contributed by atoms with Crippen molar-refractivity contribution in [3.8, 4) is 5.75 Å². The molecule has 0 radical (unpaired) electrons.